The molecule has 0 atom stereocenters. The number of phenolic OH excluding ortho intramolecular Hbond substituents is 1. The fraction of sp³-hybridized carbons (Fsp3) is 0.400. The van der Waals surface area contributed by atoms with E-state index in [2.05, 4.69) is 4.72 Å². The molecule has 7 heteroatoms. The number of phenols is 1. The van der Waals surface area contributed by atoms with Gasteiger partial charge >= 0.3 is 0 Å². The number of nitrogen functional groups attached to an aromatic ring is 1. The summed E-state index contributed by atoms with van der Waals surface area (Å²) >= 11 is 5.78. The van der Waals surface area contributed by atoms with Gasteiger partial charge in [0.05, 0.1) is 10.7 Å². The Morgan fingerprint density at radius 2 is 1.88 bits per heavy atom. The first kappa shape index (κ1) is 14.1. The number of hydrogen-bond donors (Lipinski definition) is 3. The molecule has 1 aromatic carbocycles. The van der Waals surface area contributed by atoms with Gasteiger partial charge in [0.1, 0.15) is 4.90 Å². The molecule has 0 heterocycles. The Hall–Kier alpha value is -0.980. The number of benzene rings is 1. The second-order valence-electron chi connectivity index (χ2n) is 4.67. The molecule has 0 aromatic heterocycles. The minimum absolute atomic E-state index is 0.0383. The van der Waals surface area contributed by atoms with E-state index in [1.165, 1.54) is 12.1 Å². The van der Waals surface area contributed by atoms with Crippen LogP contribution in [0.25, 0.3) is 0 Å². The van der Waals surface area contributed by atoms with Gasteiger partial charge in [0, 0.05) is 5.54 Å². The van der Waals surface area contributed by atoms with Gasteiger partial charge in [0.25, 0.3) is 0 Å². The van der Waals surface area contributed by atoms with Crippen LogP contribution >= 0.6 is 11.6 Å². The van der Waals surface area contributed by atoms with E-state index in [9.17, 15) is 13.5 Å². The van der Waals surface area contributed by atoms with Gasteiger partial charge in [-0.25, -0.2) is 13.1 Å². The van der Waals surface area contributed by atoms with Crippen molar-refractivity contribution >= 4 is 27.3 Å². The van der Waals surface area contributed by atoms with Gasteiger partial charge in [-0.05, 0) is 32.9 Å². The molecule has 0 aliphatic heterocycles. The third-order valence-electron chi connectivity index (χ3n) is 1.82. The molecule has 0 spiro atoms. The summed E-state index contributed by atoms with van der Waals surface area (Å²) < 4.78 is 26.5. The first-order valence-corrected chi connectivity index (χ1v) is 6.71. The number of nitrogens with two attached hydrogens (primary N) is 1. The maximum atomic E-state index is 12.0. The van der Waals surface area contributed by atoms with Crippen LogP contribution in [0.15, 0.2) is 17.0 Å². The van der Waals surface area contributed by atoms with Crippen LogP contribution in [0.1, 0.15) is 20.8 Å². The van der Waals surface area contributed by atoms with Gasteiger partial charge in [-0.1, -0.05) is 11.6 Å². The molecule has 5 nitrogen and oxygen atoms in total. The first-order valence-electron chi connectivity index (χ1n) is 4.85. The molecule has 0 aliphatic rings. The maximum absolute atomic E-state index is 12.0. The third kappa shape index (κ3) is 3.24. The summed E-state index contributed by atoms with van der Waals surface area (Å²) in [5.74, 6) is -0.533. The topological polar surface area (TPSA) is 92.4 Å². The molecule has 1 rings (SSSR count). The molecule has 96 valence electrons. The van der Waals surface area contributed by atoms with Crippen LogP contribution in [0.2, 0.25) is 5.02 Å². The number of anilines is 1. The van der Waals surface area contributed by atoms with Crippen molar-refractivity contribution in [3.8, 4) is 5.75 Å². The van der Waals surface area contributed by atoms with Crippen molar-refractivity contribution in [3.63, 3.8) is 0 Å². The molecule has 17 heavy (non-hydrogen) atoms. The Balaban J connectivity index is 3.39. The van der Waals surface area contributed by atoms with Gasteiger partial charge in [0.2, 0.25) is 10.0 Å². The zero-order chi connectivity index (χ0) is 13.4. The fourth-order valence-electron chi connectivity index (χ4n) is 1.27. The summed E-state index contributed by atoms with van der Waals surface area (Å²) in [5.41, 5.74) is 4.73. The van der Waals surface area contributed by atoms with Crippen molar-refractivity contribution in [3.05, 3.63) is 17.2 Å². The number of aromatic hydroxyl groups is 1. The van der Waals surface area contributed by atoms with Crippen LogP contribution in [0, 0.1) is 0 Å². The Labute approximate surface area is 106 Å². The molecule has 0 fully saturated rings. The minimum atomic E-state index is -3.91. The molecule has 0 bridgehead atoms. The molecular formula is C10H15ClN2O3S. The van der Waals surface area contributed by atoms with Crippen molar-refractivity contribution in [1.82, 2.24) is 4.72 Å². The molecule has 0 saturated carbocycles. The lowest BCUT2D eigenvalue weighted by molar-refractivity contribution is 0.455. The molecular weight excluding hydrogens is 264 g/mol. The van der Waals surface area contributed by atoms with Gasteiger partial charge < -0.3 is 10.8 Å². The predicted molar refractivity (Wildman–Crippen MR) is 67.6 cm³/mol. The average molecular weight is 279 g/mol. The summed E-state index contributed by atoms with van der Waals surface area (Å²) in [6, 6.07) is 2.67. The summed E-state index contributed by atoms with van der Waals surface area (Å²) in [7, 11) is -3.91. The molecule has 0 aliphatic carbocycles. The monoisotopic (exact) mass is 278 g/mol. The van der Waals surface area contributed by atoms with Crippen molar-refractivity contribution in [2.24, 2.45) is 0 Å². The molecule has 0 saturated heterocycles. The van der Waals surface area contributed by atoms with E-state index in [-0.39, 0.29) is 10.7 Å². The van der Waals surface area contributed by atoms with Crippen LogP contribution in [-0.2, 0) is 10.0 Å². The third-order valence-corrected chi connectivity index (χ3v) is 4.08. The zero-order valence-electron chi connectivity index (χ0n) is 9.78. The quantitative estimate of drug-likeness (QED) is 0.567. The van der Waals surface area contributed by atoms with Gasteiger partial charge in [-0.3, -0.25) is 0 Å². The highest BCUT2D eigenvalue weighted by Crippen LogP contribution is 2.35. The number of halogens is 1. The Morgan fingerprint density at radius 1 is 1.35 bits per heavy atom. The normalized spacial score (nSPS) is 12.7. The highest BCUT2D eigenvalue weighted by atomic mass is 35.5. The highest BCUT2D eigenvalue weighted by Gasteiger charge is 2.28. The van der Waals surface area contributed by atoms with Crippen LogP contribution in [0.5, 0.6) is 5.75 Å². The largest absolute Gasteiger partial charge is 0.504 e. The van der Waals surface area contributed by atoms with E-state index >= 15 is 0 Å². The zero-order valence-corrected chi connectivity index (χ0v) is 11.4. The highest BCUT2D eigenvalue weighted by molar-refractivity contribution is 7.89. The van der Waals surface area contributed by atoms with Crippen LogP contribution in [0.4, 0.5) is 5.69 Å². The van der Waals surface area contributed by atoms with E-state index in [0.717, 1.165) is 0 Å². The molecule has 0 radical (unpaired) electrons. The number of sulfonamides is 1. The smallest absolute Gasteiger partial charge is 0.246 e. The Bertz CT molecular complexity index is 535. The van der Waals surface area contributed by atoms with E-state index in [4.69, 9.17) is 17.3 Å². The summed E-state index contributed by atoms with van der Waals surface area (Å²) in [6.07, 6.45) is 0. The first-order chi connectivity index (χ1) is 7.54. The Kier molecular flexibility index (Phi) is 3.61. The van der Waals surface area contributed by atoms with E-state index in [1.54, 1.807) is 20.8 Å². The predicted octanol–water partition coefficient (Wildman–Crippen LogP) is 1.70. The molecule has 0 unspecified atom stereocenters. The number of rotatable bonds is 2. The minimum Gasteiger partial charge on any atom is -0.504 e. The molecule has 1 aromatic rings. The average Bonchev–Trinajstić information content (AvgIpc) is 2.07. The van der Waals surface area contributed by atoms with Crippen molar-refractivity contribution in [1.29, 1.82) is 0 Å². The Morgan fingerprint density at radius 3 is 2.35 bits per heavy atom. The number of nitrogens with one attached hydrogen (secondary N) is 1. The van der Waals surface area contributed by atoms with E-state index in [0.29, 0.717) is 0 Å². The fourth-order valence-corrected chi connectivity index (χ4v) is 3.33. The van der Waals surface area contributed by atoms with Crippen LogP contribution < -0.4 is 10.5 Å². The summed E-state index contributed by atoms with van der Waals surface area (Å²) in [5, 5.41) is 9.61. The lowest BCUT2D eigenvalue weighted by Crippen LogP contribution is -2.40. The van der Waals surface area contributed by atoms with Crippen molar-refractivity contribution in [2.45, 2.75) is 31.2 Å². The SMILES string of the molecule is CC(C)(C)NS(=O)(=O)c1c(Cl)ccc(N)c1O. The van der Waals surface area contributed by atoms with Gasteiger partial charge in [-0.2, -0.15) is 0 Å². The lowest BCUT2D eigenvalue weighted by Gasteiger charge is -2.21. The van der Waals surface area contributed by atoms with Gasteiger partial charge in [0.15, 0.2) is 5.75 Å². The van der Waals surface area contributed by atoms with Gasteiger partial charge in [-0.15, -0.1) is 0 Å². The second kappa shape index (κ2) is 4.36. The summed E-state index contributed by atoms with van der Waals surface area (Å²) in [4.78, 5) is -0.394. The molecule has 4 N–H and O–H groups in total. The summed E-state index contributed by atoms with van der Waals surface area (Å²) in [6.45, 7) is 5.05. The second-order valence-corrected chi connectivity index (χ2v) is 6.70. The molecule has 0 amide bonds. The standard InChI is InChI=1S/C10H15ClN2O3S/c1-10(2,3)13-17(15,16)9-6(11)4-5-7(12)8(9)14/h4-5,13-14H,12H2,1-3H3. The van der Waals surface area contributed by atoms with Crippen LogP contribution in [0.3, 0.4) is 0 Å². The van der Waals surface area contributed by atoms with E-state index in [1.807, 2.05) is 0 Å². The van der Waals surface area contributed by atoms with E-state index < -0.39 is 26.2 Å². The van der Waals surface area contributed by atoms with Crippen molar-refractivity contribution < 1.29 is 13.5 Å². The van der Waals surface area contributed by atoms with Crippen LogP contribution in [-0.4, -0.2) is 19.1 Å². The maximum Gasteiger partial charge on any atom is 0.246 e. The van der Waals surface area contributed by atoms with Crippen molar-refractivity contribution in [2.75, 3.05) is 5.73 Å². The lowest BCUT2D eigenvalue weighted by atomic mass is 10.1. The number of hydrogen-bond acceptors (Lipinski definition) is 4.